The lowest BCUT2D eigenvalue weighted by atomic mass is 10.3. The van der Waals surface area contributed by atoms with Crippen molar-refractivity contribution in [3.8, 4) is 11.4 Å². The minimum Gasteiger partial charge on any atom is -0.497 e. The van der Waals surface area contributed by atoms with E-state index in [0.29, 0.717) is 5.75 Å². The van der Waals surface area contributed by atoms with Gasteiger partial charge < -0.3 is 4.74 Å². The molecule has 0 unspecified atom stereocenters. The zero-order chi connectivity index (χ0) is 9.97. The van der Waals surface area contributed by atoms with Crippen LogP contribution >= 0.6 is 0 Å². The second-order valence-corrected chi connectivity index (χ2v) is 2.73. The van der Waals surface area contributed by atoms with Gasteiger partial charge >= 0.3 is 5.69 Å². The predicted octanol–water partition coefficient (Wildman–Crippen LogP) is 0.569. The zero-order valence-corrected chi connectivity index (χ0v) is 7.60. The molecule has 1 aromatic carbocycles. The zero-order valence-electron chi connectivity index (χ0n) is 7.60. The smallest absolute Gasteiger partial charge is 0.347 e. The van der Waals surface area contributed by atoms with Crippen LogP contribution in [0.2, 0.25) is 0 Å². The molecular weight excluding hydrogens is 182 g/mol. The molecule has 0 spiro atoms. The first-order valence-electron chi connectivity index (χ1n) is 4.08. The Balaban J connectivity index is 2.52. The van der Waals surface area contributed by atoms with Gasteiger partial charge in [0.1, 0.15) is 12.1 Å². The van der Waals surface area contributed by atoms with Crippen molar-refractivity contribution >= 4 is 0 Å². The second-order valence-electron chi connectivity index (χ2n) is 2.73. The van der Waals surface area contributed by atoms with Gasteiger partial charge in [-0.25, -0.2) is 14.5 Å². The molecule has 0 aliphatic carbocycles. The standard InChI is InChI=1S/C9H9N3O2/c1-14-8-4-2-3-7(5-8)12-6-10-11-9(12)13/h2-6H,1H3,(H,11,13). The highest BCUT2D eigenvalue weighted by atomic mass is 16.5. The number of rotatable bonds is 2. The maximum Gasteiger partial charge on any atom is 0.347 e. The number of aromatic amines is 1. The van der Waals surface area contributed by atoms with Crippen LogP contribution in [0.4, 0.5) is 0 Å². The molecule has 0 amide bonds. The van der Waals surface area contributed by atoms with Gasteiger partial charge in [-0.3, -0.25) is 0 Å². The molecule has 5 nitrogen and oxygen atoms in total. The van der Waals surface area contributed by atoms with E-state index in [0.717, 1.165) is 5.69 Å². The maximum absolute atomic E-state index is 11.2. The molecular formula is C9H9N3O2. The van der Waals surface area contributed by atoms with E-state index >= 15 is 0 Å². The normalized spacial score (nSPS) is 10.1. The van der Waals surface area contributed by atoms with E-state index in [4.69, 9.17) is 4.74 Å². The highest BCUT2D eigenvalue weighted by Crippen LogP contribution is 2.14. The molecule has 0 saturated heterocycles. The topological polar surface area (TPSA) is 59.9 Å². The molecule has 1 N–H and O–H groups in total. The highest BCUT2D eigenvalue weighted by Gasteiger charge is 2.01. The molecule has 1 aromatic heterocycles. The van der Waals surface area contributed by atoms with Gasteiger partial charge in [0.15, 0.2) is 0 Å². The Morgan fingerprint density at radius 2 is 2.36 bits per heavy atom. The Bertz CT molecular complexity index is 487. The third kappa shape index (κ3) is 1.39. The van der Waals surface area contributed by atoms with Crippen molar-refractivity contribution in [2.45, 2.75) is 0 Å². The predicted molar refractivity (Wildman–Crippen MR) is 50.7 cm³/mol. The van der Waals surface area contributed by atoms with E-state index in [2.05, 4.69) is 10.2 Å². The average molecular weight is 191 g/mol. The van der Waals surface area contributed by atoms with E-state index in [-0.39, 0.29) is 5.69 Å². The summed E-state index contributed by atoms with van der Waals surface area (Å²) in [6.07, 6.45) is 1.43. The van der Waals surface area contributed by atoms with Crippen molar-refractivity contribution in [2.75, 3.05) is 7.11 Å². The first-order valence-corrected chi connectivity index (χ1v) is 4.08. The van der Waals surface area contributed by atoms with Crippen molar-refractivity contribution < 1.29 is 4.74 Å². The first-order chi connectivity index (χ1) is 6.81. The Hall–Kier alpha value is -2.04. The molecule has 0 saturated carbocycles. The fourth-order valence-corrected chi connectivity index (χ4v) is 1.19. The molecule has 1 heterocycles. The van der Waals surface area contributed by atoms with E-state index < -0.39 is 0 Å². The number of methoxy groups -OCH3 is 1. The fourth-order valence-electron chi connectivity index (χ4n) is 1.19. The number of nitrogens with zero attached hydrogens (tertiary/aromatic N) is 2. The number of aromatic nitrogens is 3. The van der Waals surface area contributed by atoms with Crippen LogP contribution in [0.15, 0.2) is 35.4 Å². The minimum atomic E-state index is -0.266. The summed E-state index contributed by atoms with van der Waals surface area (Å²) in [6.45, 7) is 0. The van der Waals surface area contributed by atoms with Crippen LogP contribution in [0, 0.1) is 0 Å². The lowest BCUT2D eigenvalue weighted by molar-refractivity contribution is 0.414. The van der Waals surface area contributed by atoms with Crippen LogP contribution < -0.4 is 10.4 Å². The number of benzene rings is 1. The van der Waals surface area contributed by atoms with Crippen LogP contribution in [0.1, 0.15) is 0 Å². The summed E-state index contributed by atoms with van der Waals surface area (Å²) in [7, 11) is 1.58. The van der Waals surface area contributed by atoms with E-state index in [9.17, 15) is 4.79 Å². The van der Waals surface area contributed by atoms with Gasteiger partial charge in [0.05, 0.1) is 12.8 Å². The number of H-pyrrole nitrogens is 1. The summed E-state index contributed by atoms with van der Waals surface area (Å²) in [4.78, 5) is 11.2. The van der Waals surface area contributed by atoms with Crippen molar-refractivity contribution in [3.05, 3.63) is 41.1 Å². The van der Waals surface area contributed by atoms with Gasteiger partial charge in [-0.2, -0.15) is 5.10 Å². The SMILES string of the molecule is COc1cccc(-n2cn[nH]c2=O)c1. The monoisotopic (exact) mass is 191 g/mol. The van der Waals surface area contributed by atoms with Crippen molar-refractivity contribution in [2.24, 2.45) is 0 Å². The van der Waals surface area contributed by atoms with Gasteiger partial charge in [-0.05, 0) is 12.1 Å². The number of ether oxygens (including phenoxy) is 1. The third-order valence-corrected chi connectivity index (χ3v) is 1.88. The van der Waals surface area contributed by atoms with Gasteiger partial charge in [0.2, 0.25) is 0 Å². The summed E-state index contributed by atoms with van der Waals surface area (Å²) < 4.78 is 6.45. The van der Waals surface area contributed by atoms with Gasteiger partial charge in [-0.1, -0.05) is 6.07 Å². The van der Waals surface area contributed by atoms with Crippen molar-refractivity contribution in [1.29, 1.82) is 0 Å². The van der Waals surface area contributed by atoms with E-state index in [1.165, 1.54) is 10.9 Å². The maximum atomic E-state index is 11.2. The Morgan fingerprint density at radius 3 is 3.00 bits per heavy atom. The van der Waals surface area contributed by atoms with E-state index in [1.54, 1.807) is 19.2 Å². The molecule has 0 radical (unpaired) electrons. The molecule has 0 bridgehead atoms. The van der Waals surface area contributed by atoms with Crippen molar-refractivity contribution in [1.82, 2.24) is 14.8 Å². The van der Waals surface area contributed by atoms with Crippen LogP contribution in [0.25, 0.3) is 5.69 Å². The summed E-state index contributed by atoms with van der Waals surface area (Å²) in [6, 6.07) is 7.19. The largest absolute Gasteiger partial charge is 0.497 e. The highest BCUT2D eigenvalue weighted by molar-refractivity contribution is 5.38. The molecule has 0 aliphatic heterocycles. The molecule has 2 rings (SSSR count). The first kappa shape index (κ1) is 8.55. The van der Waals surface area contributed by atoms with Gasteiger partial charge in [0.25, 0.3) is 0 Å². The summed E-state index contributed by atoms with van der Waals surface area (Å²) in [5.74, 6) is 0.704. The molecule has 0 fully saturated rings. The van der Waals surface area contributed by atoms with Crippen LogP contribution in [0.3, 0.4) is 0 Å². The van der Waals surface area contributed by atoms with Gasteiger partial charge in [-0.15, -0.1) is 0 Å². The summed E-state index contributed by atoms with van der Waals surface area (Å²) in [5.41, 5.74) is 0.460. The van der Waals surface area contributed by atoms with Gasteiger partial charge in [0, 0.05) is 6.07 Å². The Labute approximate surface area is 80.0 Å². The second kappa shape index (κ2) is 3.37. The molecule has 0 atom stereocenters. The molecule has 5 heteroatoms. The number of hydrogen-bond acceptors (Lipinski definition) is 3. The van der Waals surface area contributed by atoms with Crippen LogP contribution in [-0.2, 0) is 0 Å². The summed E-state index contributed by atoms with van der Waals surface area (Å²) >= 11 is 0. The molecule has 0 aliphatic rings. The average Bonchev–Trinajstić information content (AvgIpc) is 2.65. The Morgan fingerprint density at radius 1 is 1.50 bits per heavy atom. The number of nitrogens with one attached hydrogen (secondary N) is 1. The molecule has 14 heavy (non-hydrogen) atoms. The minimum absolute atomic E-state index is 0.266. The lowest BCUT2D eigenvalue weighted by Crippen LogP contribution is -2.13. The quantitative estimate of drug-likeness (QED) is 0.754. The summed E-state index contributed by atoms with van der Waals surface area (Å²) in [5, 5.41) is 5.96. The third-order valence-electron chi connectivity index (χ3n) is 1.88. The van der Waals surface area contributed by atoms with Crippen LogP contribution in [-0.4, -0.2) is 21.9 Å². The molecule has 2 aromatic rings. The Kier molecular flexibility index (Phi) is 2.06. The number of hydrogen-bond donors (Lipinski definition) is 1. The lowest BCUT2D eigenvalue weighted by Gasteiger charge is -2.02. The van der Waals surface area contributed by atoms with Crippen molar-refractivity contribution in [3.63, 3.8) is 0 Å². The molecule has 72 valence electrons. The van der Waals surface area contributed by atoms with E-state index in [1.807, 2.05) is 12.1 Å². The van der Waals surface area contributed by atoms with Crippen LogP contribution in [0.5, 0.6) is 5.75 Å². The fraction of sp³-hybridized carbons (Fsp3) is 0.111.